The molecule has 1 amide bonds. The molecule has 0 spiro atoms. The molecule has 0 radical (unpaired) electrons. The Labute approximate surface area is 256 Å². The number of ether oxygens (including phenoxy) is 2. The highest BCUT2D eigenvalue weighted by Crippen LogP contribution is 2.32. The van der Waals surface area contributed by atoms with Gasteiger partial charge in [-0.15, -0.1) is 0 Å². The van der Waals surface area contributed by atoms with E-state index in [0.717, 1.165) is 16.7 Å². The van der Waals surface area contributed by atoms with Crippen molar-refractivity contribution in [2.45, 2.75) is 19.6 Å². The van der Waals surface area contributed by atoms with Gasteiger partial charge in [0.15, 0.2) is 4.80 Å². The molecule has 0 saturated carbocycles. The minimum Gasteiger partial charge on any atom is -0.497 e. The van der Waals surface area contributed by atoms with Crippen molar-refractivity contribution in [1.82, 2.24) is 4.57 Å². The second-order valence-electron chi connectivity index (χ2n) is 10.2. The van der Waals surface area contributed by atoms with Crippen LogP contribution in [-0.4, -0.2) is 17.6 Å². The minimum atomic E-state index is -0.713. The van der Waals surface area contributed by atoms with Crippen LogP contribution in [0, 0.1) is 5.82 Å². The van der Waals surface area contributed by atoms with E-state index in [1.54, 1.807) is 36.8 Å². The predicted molar refractivity (Wildman–Crippen MR) is 169 cm³/mol. The quantitative estimate of drug-likeness (QED) is 0.250. The first-order valence-electron chi connectivity index (χ1n) is 13.9. The van der Waals surface area contributed by atoms with Gasteiger partial charge in [-0.3, -0.25) is 14.2 Å². The lowest BCUT2D eigenvalue weighted by Crippen LogP contribution is -2.40. The Morgan fingerprint density at radius 2 is 1.73 bits per heavy atom. The molecule has 5 aromatic rings. The fourth-order valence-corrected chi connectivity index (χ4v) is 6.06. The van der Waals surface area contributed by atoms with Crippen LogP contribution < -0.4 is 29.7 Å². The van der Waals surface area contributed by atoms with Gasteiger partial charge in [0.1, 0.15) is 23.9 Å². The van der Waals surface area contributed by atoms with Crippen LogP contribution >= 0.6 is 11.3 Å². The maximum atomic E-state index is 14.0. The molecule has 1 N–H and O–H groups in total. The van der Waals surface area contributed by atoms with Gasteiger partial charge in [0, 0.05) is 5.69 Å². The molecule has 1 aliphatic heterocycles. The summed E-state index contributed by atoms with van der Waals surface area (Å²) in [5.74, 6) is 0.635. The molecule has 9 heteroatoms. The van der Waals surface area contributed by atoms with E-state index >= 15 is 0 Å². The molecule has 1 aromatic heterocycles. The number of amides is 1. The SMILES string of the molecule is COc1cccc([C@H]2C(C(=O)Nc3ccccc3)=C(C)N=c3s/c(=C\c4ccc(OCc5ccc(F)cc5)cc4)c(=O)n32)c1. The summed E-state index contributed by atoms with van der Waals surface area (Å²) in [6.07, 6.45) is 1.80. The average Bonchev–Trinajstić information content (AvgIpc) is 3.34. The average molecular weight is 606 g/mol. The highest BCUT2D eigenvalue weighted by atomic mass is 32.1. The third kappa shape index (κ3) is 6.09. The van der Waals surface area contributed by atoms with E-state index in [0.29, 0.717) is 44.4 Å². The van der Waals surface area contributed by atoms with Gasteiger partial charge in [-0.25, -0.2) is 9.38 Å². The molecule has 7 nitrogen and oxygen atoms in total. The van der Waals surface area contributed by atoms with Gasteiger partial charge in [-0.05, 0) is 78.2 Å². The molecule has 1 atom stereocenters. The van der Waals surface area contributed by atoms with Gasteiger partial charge in [0.05, 0.1) is 29.0 Å². The van der Waals surface area contributed by atoms with Crippen LogP contribution in [0.1, 0.15) is 29.7 Å². The molecule has 6 rings (SSSR count). The molecule has 220 valence electrons. The second kappa shape index (κ2) is 12.5. The number of thiazole rings is 1. The van der Waals surface area contributed by atoms with Crippen LogP contribution in [0.5, 0.6) is 11.5 Å². The molecule has 2 heterocycles. The molecule has 4 aromatic carbocycles. The van der Waals surface area contributed by atoms with E-state index in [-0.39, 0.29) is 17.3 Å². The number of nitrogens with one attached hydrogen (secondary N) is 1. The van der Waals surface area contributed by atoms with E-state index in [1.165, 1.54) is 23.5 Å². The minimum absolute atomic E-state index is 0.254. The summed E-state index contributed by atoms with van der Waals surface area (Å²) in [5, 5.41) is 2.96. The Hall–Kier alpha value is -5.28. The fourth-order valence-electron chi connectivity index (χ4n) is 5.02. The van der Waals surface area contributed by atoms with Crippen LogP contribution in [-0.2, 0) is 11.4 Å². The van der Waals surface area contributed by atoms with Crippen LogP contribution in [0.4, 0.5) is 10.1 Å². The van der Waals surface area contributed by atoms with Gasteiger partial charge in [-0.1, -0.05) is 65.9 Å². The third-order valence-electron chi connectivity index (χ3n) is 7.20. The number of para-hydroxylation sites is 1. The number of halogens is 1. The number of fused-ring (bicyclic) bond motifs is 1. The Bertz CT molecular complexity index is 2030. The summed E-state index contributed by atoms with van der Waals surface area (Å²) in [7, 11) is 1.58. The van der Waals surface area contributed by atoms with Gasteiger partial charge in [0.2, 0.25) is 0 Å². The fraction of sp³-hybridized carbons (Fsp3) is 0.114. The van der Waals surface area contributed by atoms with Crippen LogP contribution in [0.25, 0.3) is 6.08 Å². The zero-order valence-corrected chi connectivity index (χ0v) is 24.8. The Morgan fingerprint density at radius 3 is 2.45 bits per heavy atom. The molecule has 1 aliphatic rings. The number of hydrogen-bond acceptors (Lipinski definition) is 6. The second-order valence-corrected chi connectivity index (χ2v) is 11.2. The summed E-state index contributed by atoms with van der Waals surface area (Å²) in [6.45, 7) is 2.09. The monoisotopic (exact) mass is 605 g/mol. The van der Waals surface area contributed by atoms with Crippen molar-refractivity contribution in [1.29, 1.82) is 0 Å². The molecular formula is C35H28FN3O4S. The lowest BCUT2D eigenvalue weighted by molar-refractivity contribution is -0.113. The van der Waals surface area contributed by atoms with Gasteiger partial charge >= 0.3 is 0 Å². The molecule has 0 saturated heterocycles. The first-order chi connectivity index (χ1) is 21.4. The van der Waals surface area contributed by atoms with Crippen LogP contribution in [0.15, 0.2) is 124 Å². The highest BCUT2D eigenvalue weighted by molar-refractivity contribution is 7.07. The van der Waals surface area contributed by atoms with E-state index in [4.69, 9.17) is 14.5 Å². The maximum Gasteiger partial charge on any atom is 0.271 e. The number of anilines is 1. The number of methoxy groups -OCH3 is 1. The van der Waals surface area contributed by atoms with E-state index < -0.39 is 6.04 Å². The summed E-state index contributed by atoms with van der Waals surface area (Å²) in [6, 6.07) is 29.4. The first-order valence-corrected chi connectivity index (χ1v) is 14.7. The smallest absolute Gasteiger partial charge is 0.271 e. The topological polar surface area (TPSA) is 81.9 Å². The normalized spacial score (nSPS) is 14.5. The number of carbonyl (C=O) groups is 1. The van der Waals surface area contributed by atoms with E-state index in [2.05, 4.69) is 5.32 Å². The molecule has 0 fully saturated rings. The zero-order chi connectivity index (χ0) is 30.6. The van der Waals surface area contributed by atoms with Crippen LogP contribution in [0.3, 0.4) is 0 Å². The van der Waals surface area contributed by atoms with Crippen molar-refractivity contribution in [2.24, 2.45) is 4.99 Å². The first kappa shape index (κ1) is 28.8. The molecule has 0 unspecified atom stereocenters. The summed E-state index contributed by atoms with van der Waals surface area (Å²) < 4.78 is 26.5. The Balaban J connectivity index is 1.35. The number of hydrogen-bond donors (Lipinski definition) is 1. The van der Waals surface area contributed by atoms with Crippen molar-refractivity contribution in [3.8, 4) is 11.5 Å². The number of benzene rings is 4. The highest BCUT2D eigenvalue weighted by Gasteiger charge is 2.32. The largest absolute Gasteiger partial charge is 0.497 e. The zero-order valence-electron chi connectivity index (χ0n) is 24.0. The van der Waals surface area contributed by atoms with E-state index in [9.17, 15) is 14.0 Å². The van der Waals surface area contributed by atoms with Crippen LogP contribution in [0.2, 0.25) is 0 Å². The van der Waals surface area contributed by atoms with Crippen molar-refractivity contribution in [3.05, 3.63) is 157 Å². The van der Waals surface area contributed by atoms with Crippen molar-refractivity contribution >= 4 is 29.0 Å². The molecule has 0 bridgehead atoms. The Morgan fingerprint density at radius 1 is 0.977 bits per heavy atom. The van der Waals surface area contributed by atoms with Gasteiger partial charge < -0.3 is 14.8 Å². The third-order valence-corrected chi connectivity index (χ3v) is 8.19. The summed E-state index contributed by atoms with van der Waals surface area (Å²) in [4.78, 5) is 32.9. The number of nitrogens with zero attached hydrogens (tertiary/aromatic N) is 2. The number of rotatable bonds is 8. The number of allylic oxidation sites excluding steroid dienone is 1. The predicted octanol–water partition coefficient (Wildman–Crippen LogP) is 5.60. The summed E-state index contributed by atoms with van der Waals surface area (Å²) >= 11 is 1.27. The van der Waals surface area contributed by atoms with Crippen molar-refractivity contribution in [2.75, 3.05) is 12.4 Å². The van der Waals surface area contributed by atoms with Crippen molar-refractivity contribution < 1.29 is 18.7 Å². The number of carbonyl (C=O) groups excluding carboxylic acids is 1. The van der Waals surface area contributed by atoms with Gasteiger partial charge in [0.25, 0.3) is 11.5 Å². The number of aromatic nitrogens is 1. The molecular weight excluding hydrogens is 577 g/mol. The maximum absolute atomic E-state index is 14.0. The molecule has 44 heavy (non-hydrogen) atoms. The standard InChI is InChI=1S/C35H28FN3O4S/c1-22-31(33(40)38-27-8-4-3-5-9-27)32(25-7-6-10-29(20-25)42-2)39-34(41)30(44-35(39)37-22)19-23-13-17-28(18-14-23)43-21-24-11-15-26(36)16-12-24/h3-20,32H,21H2,1-2H3,(H,38,40)/b30-19-/t32-/m0/s1. The van der Waals surface area contributed by atoms with E-state index in [1.807, 2.05) is 78.9 Å². The lowest BCUT2D eigenvalue weighted by Gasteiger charge is -2.25. The van der Waals surface area contributed by atoms with Gasteiger partial charge in [-0.2, -0.15) is 0 Å². The van der Waals surface area contributed by atoms with Crippen molar-refractivity contribution in [3.63, 3.8) is 0 Å². The molecule has 0 aliphatic carbocycles. The summed E-state index contributed by atoms with van der Waals surface area (Å²) in [5.41, 5.74) is 3.69. The lowest BCUT2D eigenvalue weighted by atomic mass is 9.95. The Kier molecular flexibility index (Phi) is 8.21.